The van der Waals surface area contributed by atoms with Crippen LogP contribution >= 0.6 is 11.3 Å². The van der Waals surface area contributed by atoms with E-state index in [0.717, 1.165) is 38.5 Å². The quantitative estimate of drug-likeness (QED) is 0.200. The van der Waals surface area contributed by atoms with E-state index in [2.05, 4.69) is 20.7 Å². The van der Waals surface area contributed by atoms with E-state index < -0.39 is 68.7 Å². The summed E-state index contributed by atoms with van der Waals surface area (Å²) in [4.78, 5) is 72.2. The van der Waals surface area contributed by atoms with E-state index in [1.165, 1.54) is 16.2 Å². The Morgan fingerprint density at radius 2 is 1.71 bits per heavy atom. The van der Waals surface area contributed by atoms with Gasteiger partial charge in [-0.25, -0.2) is 28.2 Å². The molecule has 5 aliphatic rings. The molecule has 1 aromatic carbocycles. The second-order valence-corrected chi connectivity index (χ2v) is 19.5. The Labute approximate surface area is 347 Å². The molecule has 5 atom stereocenters. The molecule has 16 nitrogen and oxygen atoms in total. The monoisotopic (exact) mass is 848 g/mol. The number of aromatic nitrogens is 3. The van der Waals surface area contributed by atoms with Crippen LogP contribution in [0.5, 0.6) is 5.88 Å². The zero-order chi connectivity index (χ0) is 41.3. The first kappa shape index (κ1) is 40.9. The number of nitrogens with one attached hydrogen (secondary N) is 4. The molecule has 2 aliphatic heterocycles. The Balaban J connectivity index is 1.11. The fraction of sp³-hybridized carbons (Fsp3) is 0.585. The molecule has 316 valence electrons. The van der Waals surface area contributed by atoms with Crippen molar-refractivity contribution in [1.82, 2.24) is 35.2 Å². The van der Waals surface area contributed by atoms with Gasteiger partial charge in [-0.05, 0) is 90.2 Å². The normalized spacial score (nSPS) is 27.2. The summed E-state index contributed by atoms with van der Waals surface area (Å²) in [5, 5.41) is 11.0. The number of hydrogen-bond acceptors (Lipinski definition) is 13. The van der Waals surface area contributed by atoms with Crippen LogP contribution in [-0.4, -0.2) is 99.8 Å². The molecule has 0 spiro atoms. The Bertz CT molecular complexity index is 2220. The number of allylic oxidation sites excluding steroid dienone is 1. The lowest BCUT2D eigenvalue weighted by Gasteiger charge is -2.30. The highest BCUT2D eigenvalue weighted by atomic mass is 32.2. The van der Waals surface area contributed by atoms with E-state index in [1.807, 2.05) is 55.6 Å². The molecule has 4 amide bonds. The molecule has 4 fully saturated rings. The number of thiazole rings is 1. The highest BCUT2D eigenvalue weighted by molar-refractivity contribution is 7.91. The van der Waals surface area contributed by atoms with Crippen molar-refractivity contribution in [2.75, 3.05) is 11.9 Å². The molecule has 18 heteroatoms. The molecule has 0 bridgehead atoms. The minimum Gasteiger partial charge on any atom is -0.471 e. The van der Waals surface area contributed by atoms with Gasteiger partial charge in [0.15, 0.2) is 10.8 Å². The van der Waals surface area contributed by atoms with Crippen molar-refractivity contribution < 1.29 is 37.1 Å². The zero-order valence-electron chi connectivity index (χ0n) is 33.4. The van der Waals surface area contributed by atoms with Gasteiger partial charge in [-0.1, -0.05) is 37.1 Å². The third-order valence-electron chi connectivity index (χ3n) is 11.7. The van der Waals surface area contributed by atoms with Crippen LogP contribution in [0.2, 0.25) is 0 Å². The van der Waals surface area contributed by atoms with Crippen LogP contribution in [0.15, 0.2) is 41.8 Å². The maximum atomic E-state index is 14.7. The number of carbonyl (C=O) groups is 4. The lowest BCUT2D eigenvalue weighted by Crippen LogP contribution is -2.58. The van der Waals surface area contributed by atoms with E-state index in [-0.39, 0.29) is 37.4 Å². The summed E-state index contributed by atoms with van der Waals surface area (Å²) >= 11 is 1.42. The first-order valence-electron chi connectivity index (χ1n) is 20.9. The summed E-state index contributed by atoms with van der Waals surface area (Å²) in [5.74, 6) is -2.17. The predicted molar refractivity (Wildman–Crippen MR) is 221 cm³/mol. The molecular weight excluding hydrogens is 797 g/mol. The zero-order valence-corrected chi connectivity index (χ0v) is 35.0. The number of ether oxygens (including phenoxy) is 2. The highest BCUT2D eigenvalue weighted by Gasteiger charge is 2.62. The van der Waals surface area contributed by atoms with Crippen molar-refractivity contribution >= 4 is 61.3 Å². The van der Waals surface area contributed by atoms with Gasteiger partial charge >= 0.3 is 6.09 Å². The molecule has 59 heavy (non-hydrogen) atoms. The fourth-order valence-electron chi connectivity index (χ4n) is 8.27. The molecule has 3 aromatic rings. The van der Waals surface area contributed by atoms with Gasteiger partial charge in [-0.2, -0.15) is 0 Å². The molecule has 4 N–H and O–H groups in total. The third-order valence-corrected chi connectivity index (χ3v) is 14.3. The number of para-hydroxylation sites is 2. The van der Waals surface area contributed by atoms with Gasteiger partial charge in [-0.15, -0.1) is 11.3 Å². The molecule has 3 aliphatic carbocycles. The standard InChI is InChI=1S/C41H52N8O8S2/c1-24(2)42-39-45-32(23-58-39)34-36(44-30-16-11-10-15-29(30)43-34)56-27-20-33-35(50)47-41(38(52)48-59(54,55)28-18-19-28)21-25(41)12-6-4-3-5-7-17-31(37(51)49(33)22-27)46-40(53)57-26-13-8-9-14-26/h6,10-12,15-16,23-28,31,33H,3-5,7-9,13-14,17-22H2,1-2H3,(H,42,45)(H,46,53)(H,47,50)(H,48,52)/b12-6-/t25-,27-,31+,33+,41-/m1/s1. The number of benzene rings is 1. The van der Waals surface area contributed by atoms with Crippen LogP contribution in [-0.2, 0) is 29.1 Å². The van der Waals surface area contributed by atoms with Crippen LogP contribution in [0.3, 0.4) is 0 Å². The highest BCUT2D eigenvalue weighted by Crippen LogP contribution is 2.46. The SMILES string of the molecule is CC(C)Nc1nc(-c2nc3ccccc3nc2O[C@@H]2C[C@H]3C(=O)N[C@]4(C(=O)NS(=O)(=O)C5CC5)C[C@H]4/C=C\CCCCC[C@H](NC(=O)OC4CCCC4)C(=O)N3C2)cs1. The number of carbonyl (C=O) groups excluding carboxylic acids is 4. The fourth-order valence-corrected chi connectivity index (χ4v) is 10.5. The van der Waals surface area contributed by atoms with Crippen LogP contribution < -0.4 is 25.4 Å². The van der Waals surface area contributed by atoms with Crippen molar-refractivity contribution in [2.45, 2.75) is 138 Å². The lowest BCUT2D eigenvalue weighted by atomic mass is 10.0. The summed E-state index contributed by atoms with van der Waals surface area (Å²) in [6.07, 6.45) is 10.0. The summed E-state index contributed by atoms with van der Waals surface area (Å²) in [5.41, 5.74) is 0.630. The van der Waals surface area contributed by atoms with Crippen molar-refractivity contribution in [3.05, 3.63) is 41.8 Å². The average Bonchev–Trinajstić information content (AvgIpc) is 3.98. The molecular formula is C41H52N8O8S2. The summed E-state index contributed by atoms with van der Waals surface area (Å²) in [6.45, 7) is 3.99. The van der Waals surface area contributed by atoms with Gasteiger partial charge in [0, 0.05) is 23.8 Å². The second-order valence-electron chi connectivity index (χ2n) is 16.7. The second kappa shape index (κ2) is 17.0. The summed E-state index contributed by atoms with van der Waals surface area (Å²) < 4.78 is 40.4. The molecule has 4 heterocycles. The van der Waals surface area contributed by atoms with Crippen molar-refractivity contribution in [2.24, 2.45) is 5.92 Å². The van der Waals surface area contributed by atoms with E-state index in [9.17, 15) is 27.6 Å². The largest absolute Gasteiger partial charge is 0.471 e. The third kappa shape index (κ3) is 9.32. The average molecular weight is 849 g/mol. The van der Waals surface area contributed by atoms with Crippen molar-refractivity contribution in [1.29, 1.82) is 0 Å². The smallest absolute Gasteiger partial charge is 0.408 e. The summed E-state index contributed by atoms with van der Waals surface area (Å²) in [7, 11) is -3.91. The Hall–Kier alpha value is -4.84. The molecule has 1 saturated heterocycles. The Kier molecular flexibility index (Phi) is 11.8. The van der Waals surface area contributed by atoms with E-state index >= 15 is 0 Å². The minimum absolute atomic E-state index is 0.0144. The van der Waals surface area contributed by atoms with E-state index in [4.69, 9.17) is 24.4 Å². The number of fused-ring (bicyclic) bond motifs is 3. The molecule has 0 radical (unpaired) electrons. The predicted octanol–water partition coefficient (Wildman–Crippen LogP) is 4.96. The van der Waals surface area contributed by atoms with Gasteiger partial charge < -0.3 is 30.3 Å². The first-order chi connectivity index (χ1) is 28.4. The molecule has 3 saturated carbocycles. The first-order valence-corrected chi connectivity index (χ1v) is 23.3. The van der Waals surface area contributed by atoms with Gasteiger partial charge in [0.25, 0.3) is 5.91 Å². The number of sulfonamides is 1. The van der Waals surface area contributed by atoms with Gasteiger partial charge in [0.05, 0.1) is 22.8 Å². The number of hydrogen-bond donors (Lipinski definition) is 4. The van der Waals surface area contributed by atoms with Crippen LogP contribution in [0.4, 0.5) is 9.93 Å². The van der Waals surface area contributed by atoms with Gasteiger partial charge in [0.1, 0.15) is 35.5 Å². The Morgan fingerprint density at radius 1 is 0.966 bits per heavy atom. The van der Waals surface area contributed by atoms with Crippen molar-refractivity contribution in [3.8, 4) is 17.3 Å². The maximum absolute atomic E-state index is 14.7. The van der Waals surface area contributed by atoms with Gasteiger partial charge in [0.2, 0.25) is 27.7 Å². The number of anilines is 1. The van der Waals surface area contributed by atoms with Gasteiger partial charge in [-0.3, -0.25) is 19.1 Å². The number of nitrogens with zero attached hydrogens (tertiary/aromatic N) is 4. The van der Waals surface area contributed by atoms with Crippen LogP contribution in [0, 0.1) is 5.92 Å². The number of amides is 4. The maximum Gasteiger partial charge on any atom is 0.408 e. The molecule has 8 rings (SSSR count). The molecule has 2 aromatic heterocycles. The van der Waals surface area contributed by atoms with Crippen LogP contribution in [0.25, 0.3) is 22.4 Å². The minimum atomic E-state index is -3.91. The number of rotatable bonds is 10. The van der Waals surface area contributed by atoms with E-state index in [1.54, 1.807) is 0 Å². The van der Waals surface area contributed by atoms with E-state index in [0.29, 0.717) is 59.7 Å². The van der Waals surface area contributed by atoms with Crippen LogP contribution in [0.1, 0.15) is 97.3 Å². The van der Waals surface area contributed by atoms with Crippen molar-refractivity contribution in [3.63, 3.8) is 0 Å². The number of alkyl carbamates (subject to hydrolysis) is 1. The topological polar surface area (TPSA) is 211 Å². The molecule has 0 unspecified atom stereocenters. The lowest BCUT2D eigenvalue weighted by molar-refractivity contribution is -0.141. The Morgan fingerprint density at radius 3 is 2.46 bits per heavy atom. The summed E-state index contributed by atoms with van der Waals surface area (Å²) in [6, 6.07) is 5.39.